The van der Waals surface area contributed by atoms with Crippen molar-refractivity contribution in [2.45, 2.75) is 46.3 Å². The lowest BCUT2D eigenvalue weighted by molar-refractivity contribution is -0.919. The van der Waals surface area contributed by atoms with Crippen LogP contribution >= 0.6 is 11.3 Å². The number of quaternary nitrogens is 1. The highest BCUT2D eigenvalue weighted by molar-refractivity contribution is 7.18. The van der Waals surface area contributed by atoms with Crippen LogP contribution in [0.1, 0.15) is 35.5 Å². The van der Waals surface area contributed by atoms with E-state index in [1.54, 1.807) is 23.5 Å². The van der Waals surface area contributed by atoms with Gasteiger partial charge in [0, 0.05) is 10.6 Å². The molecule has 1 aliphatic heterocycles. The SMILES string of the molecule is Cc1sc2nc(C[NH+]3CCCCC3)nc(Nc3ccc(OC(F)F)cc3)c2c1C. The number of halogens is 2. The van der Waals surface area contributed by atoms with Crippen LogP contribution in [0.4, 0.5) is 20.3 Å². The largest absolute Gasteiger partial charge is 0.435 e. The third-order valence-electron chi connectivity index (χ3n) is 5.39. The van der Waals surface area contributed by atoms with E-state index in [0.717, 1.165) is 47.2 Å². The Balaban J connectivity index is 1.64. The summed E-state index contributed by atoms with van der Waals surface area (Å²) in [5, 5.41) is 4.39. The van der Waals surface area contributed by atoms with E-state index in [1.165, 1.54) is 46.7 Å². The van der Waals surface area contributed by atoms with Crippen LogP contribution in [0.15, 0.2) is 24.3 Å². The number of aryl methyl sites for hydroxylation is 2. The van der Waals surface area contributed by atoms with Gasteiger partial charge in [0.15, 0.2) is 5.82 Å². The minimum absolute atomic E-state index is 0.135. The van der Waals surface area contributed by atoms with Crippen molar-refractivity contribution in [2.24, 2.45) is 0 Å². The highest BCUT2D eigenvalue weighted by Crippen LogP contribution is 2.34. The number of hydrogen-bond donors (Lipinski definition) is 2. The van der Waals surface area contributed by atoms with Crippen molar-refractivity contribution >= 4 is 33.1 Å². The van der Waals surface area contributed by atoms with Gasteiger partial charge in [0.25, 0.3) is 0 Å². The van der Waals surface area contributed by atoms with Crippen LogP contribution in [-0.4, -0.2) is 29.7 Å². The van der Waals surface area contributed by atoms with Crippen molar-refractivity contribution in [1.29, 1.82) is 0 Å². The first-order chi connectivity index (χ1) is 14.0. The van der Waals surface area contributed by atoms with Gasteiger partial charge in [0.2, 0.25) is 0 Å². The Labute approximate surface area is 172 Å². The van der Waals surface area contributed by atoms with Crippen molar-refractivity contribution in [3.05, 3.63) is 40.5 Å². The fourth-order valence-corrected chi connectivity index (χ4v) is 4.82. The fraction of sp³-hybridized carbons (Fsp3) is 0.429. The number of aromatic nitrogens is 2. The number of fused-ring (bicyclic) bond motifs is 1. The first kappa shape index (κ1) is 20.0. The van der Waals surface area contributed by atoms with Crippen LogP contribution in [0.5, 0.6) is 5.75 Å². The van der Waals surface area contributed by atoms with Crippen LogP contribution in [0.3, 0.4) is 0 Å². The van der Waals surface area contributed by atoms with Gasteiger partial charge in [0.1, 0.15) is 22.9 Å². The Morgan fingerprint density at radius 3 is 2.52 bits per heavy atom. The molecule has 0 spiro atoms. The number of nitrogens with zero attached hydrogens (tertiary/aromatic N) is 2. The number of hydrogen-bond acceptors (Lipinski definition) is 5. The number of benzene rings is 1. The third-order valence-corrected chi connectivity index (χ3v) is 6.49. The zero-order valence-corrected chi connectivity index (χ0v) is 17.4. The topological polar surface area (TPSA) is 51.5 Å². The van der Waals surface area contributed by atoms with Gasteiger partial charge in [-0.15, -0.1) is 11.3 Å². The summed E-state index contributed by atoms with van der Waals surface area (Å²) in [6.07, 6.45) is 3.82. The molecule has 3 heterocycles. The molecule has 154 valence electrons. The summed E-state index contributed by atoms with van der Waals surface area (Å²) in [5.74, 6) is 1.75. The molecule has 2 N–H and O–H groups in total. The average molecular weight is 420 g/mol. The molecule has 1 aromatic carbocycles. The molecule has 5 nitrogen and oxygen atoms in total. The minimum Gasteiger partial charge on any atom is -0.435 e. The molecule has 8 heteroatoms. The molecule has 1 fully saturated rings. The van der Waals surface area contributed by atoms with E-state index in [1.807, 2.05) is 0 Å². The Morgan fingerprint density at radius 2 is 1.83 bits per heavy atom. The predicted octanol–water partition coefficient (Wildman–Crippen LogP) is 4.22. The van der Waals surface area contributed by atoms with Crippen LogP contribution in [0.25, 0.3) is 10.2 Å². The first-order valence-electron chi connectivity index (χ1n) is 9.91. The molecule has 1 aliphatic rings. The van der Waals surface area contributed by atoms with Gasteiger partial charge in [-0.25, -0.2) is 9.97 Å². The van der Waals surface area contributed by atoms with Crippen molar-refractivity contribution in [3.63, 3.8) is 0 Å². The maximum Gasteiger partial charge on any atom is 0.387 e. The molecule has 0 saturated carbocycles. The summed E-state index contributed by atoms with van der Waals surface area (Å²) in [7, 11) is 0. The highest BCUT2D eigenvalue weighted by Gasteiger charge is 2.19. The zero-order chi connectivity index (χ0) is 20.4. The average Bonchev–Trinajstić information content (AvgIpc) is 2.98. The molecule has 0 aliphatic carbocycles. The molecule has 29 heavy (non-hydrogen) atoms. The van der Waals surface area contributed by atoms with E-state index in [9.17, 15) is 8.78 Å². The molecule has 4 rings (SSSR count). The van der Waals surface area contributed by atoms with Crippen molar-refractivity contribution in [2.75, 3.05) is 18.4 Å². The molecule has 0 unspecified atom stereocenters. The lowest BCUT2D eigenvalue weighted by Gasteiger charge is -2.23. The van der Waals surface area contributed by atoms with Gasteiger partial charge < -0.3 is 15.0 Å². The quantitative estimate of drug-likeness (QED) is 0.628. The van der Waals surface area contributed by atoms with E-state index in [2.05, 4.69) is 23.9 Å². The minimum atomic E-state index is -2.83. The monoisotopic (exact) mass is 419 g/mol. The van der Waals surface area contributed by atoms with E-state index in [0.29, 0.717) is 0 Å². The number of nitrogens with one attached hydrogen (secondary N) is 2. The summed E-state index contributed by atoms with van der Waals surface area (Å²) < 4.78 is 29.2. The summed E-state index contributed by atoms with van der Waals surface area (Å²) in [6.45, 7) is 4.50. The number of piperidine rings is 1. The lowest BCUT2D eigenvalue weighted by atomic mass is 10.1. The van der Waals surface area contributed by atoms with Gasteiger partial charge in [-0.3, -0.25) is 0 Å². The standard InChI is InChI=1S/C21H24F2N4OS/c1-13-14(2)29-20-18(13)19(24-15-6-8-16(9-7-15)28-21(22)23)25-17(26-20)12-27-10-4-3-5-11-27/h6-9,21H,3-5,10-12H2,1-2H3,(H,24,25,26)/p+1. The second-order valence-electron chi connectivity index (χ2n) is 7.47. The number of anilines is 2. The molecule has 1 saturated heterocycles. The van der Waals surface area contributed by atoms with Crippen molar-refractivity contribution < 1.29 is 18.4 Å². The highest BCUT2D eigenvalue weighted by atomic mass is 32.1. The Morgan fingerprint density at radius 1 is 1.10 bits per heavy atom. The van der Waals surface area contributed by atoms with Crippen LogP contribution in [0.2, 0.25) is 0 Å². The molecule has 2 aromatic heterocycles. The summed E-state index contributed by atoms with van der Waals surface area (Å²) in [4.78, 5) is 13.4. The maximum atomic E-state index is 12.4. The number of thiophene rings is 1. The van der Waals surface area contributed by atoms with Gasteiger partial charge in [0.05, 0.1) is 18.5 Å². The maximum absolute atomic E-state index is 12.4. The van der Waals surface area contributed by atoms with Crippen molar-refractivity contribution in [1.82, 2.24) is 9.97 Å². The summed E-state index contributed by atoms with van der Waals surface area (Å²) in [5.41, 5.74) is 1.94. The Hall–Kier alpha value is -2.32. The number of alkyl halides is 2. The van der Waals surface area contributed by atoms with E-state index in [-0.39, 0.29) is 5.75 Å². The third kappa shape index (κ3) is 4.64. The van der Waals surface area contributed by atoms with E-state index >= 15 is 0 Å². The molecule has 0 amide bonds. The van der Waals surface area contributed by atoms with E-state index in [4.69, 9.17) is 9.97 Å². The Bertz CT molecular complexity index is 985. The summed E-state index contributed by atoms with van der Waals surface area (Å²) in [6, 6.07) is 6.49. The second kappa shape index (κ2) is 8.59. The van der Waals surface area contributed by atoms with Gasteiger partial charge in [-0.2, -0.15) is 8.78 Å². The molecule has 3 aromatic rings. The predicted molar refractivity (Wildman–Crippen MR) is 111 cm³/mol. The lowest BCUT2D eigenvalue weighted by Crippen LogP contribution is -3.11. The normalized spacial score (nSPS) is 15.2. The number of rotatable bonds is 6. The Kier molecular flexibility index (Phi) is 5.91. The molecule has 0 radical (unpaired) electrons. The van der Waals surface area contributed by atoms with Crippen molar-refractivity contribution in [3.8, 4) is 5.75 Å². The molecular weight excluding hydrogens is 394 g/mol. The van der Waals surface area contributed by atoms with E-state index < -0.39 is 6.61 Å². The van der Waals surface area contributed by atoms with Gasteiger partial charge in [-0.05, 0) is 62.9 Å². The second-order valence-corrected chi connectivity index (χ2v) is 8.67. The fourth-order valence-electron chi connectivity index (χ4n) is 3.77. The molecule has 0 bridgehead atoms. The number of ether oxygens (including phenoxy) is 1. The first-order valence-corrected chi connectivity index (χ1v) is 10.7. The summed E-state index contributed by atoms with van der Waals surface area (Å²) >= 11 is 1.69. The molecular formula is C21H25F2N4OS+. The molecule has 0 atom stereocenters. The number of likely N-dealkylation sites (tertiary alicyclic amines) is 1. The van der Waals surface area contributed by atoms with Crippen LogP contribution in [-0.2, 0) is 6.54 Å². The van der Waals surface area contributed by atoms with Crippen LogP contribution in [0, 0.1) is 13.8 Å². The van der Waals surface area contributed by atoms with Gasteiger partial charge in [-0.1, -0.05) is 0 Å². The van der Waals surface area contributed by atoms with Gasteiger partial charge >= 0.3 is 6.61 Å². The van der Waals surface area contributed by atoms with Crippen LogP contribution < -0.4 is 15.0 Å². The smallest absolute Gasteiger partial charge is 0.387 e. The zero-order valence-electron chi connectivity index (χ0n) is 16.6.